The second-order valence-electron chi connectivity index (χ2n) is 8.61. The fourth-order valence-electron chi connectivity index (χ4n) is 4.18. The standard InChI is InChI=1S/C25H19F6N3O2/c26-24(27,28)17-9-15(10-18(11-17)25(29,30)31)13-34-14-36-22-21(23(34)35)19(16-5-2-1-3-6-16)12-20(32-22)33-7-4-8-33/h1-3,5-6,9-12H,4,7-8,13-14H2. The molecule has 1 amide bonds. The van der Waals surface area contributed by atoms with E-state index in [0.29, 0.717) is 29.1 Å². The van der Waals surface area contributed by atoms with Gasteiger partial charge in [0.15, 0.2) is 6.73 Å². The van der Waals surface area contributed by atoms with E-state index in [9.17, 15) is 31.1 Å². The molecule has 0 saturated carbocycles. The largest absolute Gasteiger partial charge is 0.455 e. The molecule has 5 rings (SSSR count). The molecular formula is C25H19F6N3O2. The van der Waals surface area contributed by atoms with Gasteiger partial charge in [-0.3, -0.25) is 4.79 Å². The summed E-state index contributed by atoms with van der Waals surface area (Å²) >= 11 is 0. The average Bonchev–Trinajstić information content (AvgIpc) is 2.78. The number of aromatic nitrogens is 1. The summed E-state index contributed by atoms with van der Waals surface area (Å²) < 4.78 is 85.4. The number of benzene rings is 2. The highest BCUT2D eigenvalue weighted by atomic mass is 19.4. The summed E-state index contributed by atoms with van der Waals surface area (Å²) in [6, 6.07) is 12.0. The maximum atomic E-state index is 13.5. The summed E-state index contributed by atoms with van der Waals surface area (Å²) in [4.78, 5) is 21.0. The number of carbonyl (C=O) groups excluding carboxylic acids is 1. The van der Waals surface area contributed by atoms with E-state index in [4.69, 9.17) is 4.74 Å². The van der Waals surface area contributed by atoms with Crippen LogP contribution in [0, 0.1) is 0 Å². The first-order chi connectivity index (χ1) is 17.0. The smallest absolute Gasteiger partial charge is 0.416 e. The van der Waals surface area contributed by atoms with Crippen molar-refractivity contribution in [2.45, 2.75) is 25.3 Å². The normalized spacial score (nSPS) is 15.9. The summed E-state index contributed by atoms with van der Waals surface area (Å²) in [6.45, 7) is 0.732. The van der Waals surface area contributed by atoms with E-state index in [1.54, 1.807) is 30.3 Å². The maximum absolute atomic E-state index is 13.5. The number of fused-ring (bicyclic) bond motifs is 1. The van der Waals surface area contributed by atoms with Gasteiger partial charge in [0.2, 0.25) is 5.88 Å². The van der Waals surface area contributed by atoms with Gasteiger partial charge in [0.1, 0.15) is 11.4 Å². The molecule has 3 heterocycles. The lowest BCUT2D eigenvalue weighted by atomic mass is 9.98. The van der Waals surface area contributed by atoms with Gasteiger partial charge >= 0.3 is 12.4 Å². The quantitative estimate of drug-likeness (QED) is 0.407. The molecule has 0 N–H and O–H groups in total. The molecule has 0 unspecified atom stereocenters. The van der Waals surface area contributed by atoms with Crippen LogP contribution >= 0.6 is 0 Å². The number of ether oxygens (including phenoxy) is 1. The molecule has 1 aromatic heterocycles. The SMILES string of the molecule is O=C1c2c(-c3ccccc3)cc(N3CCC3)nc2OCN1Cc1cc(C(F)(F)F)cc(C(F)(F)F)c1. The Bertz CT molecular complexity index is 1270. The number of carbonyl (C=O) groups is 1. The molecule has 2 aliphatic rings. The summed E-state index contributed by atoms with van der Waals surface area (Å²) in [5.74, 6) is 0.121. The monoisotopic (exact) mass is 507 g/mol. The molecule has 0 aliphatic carbocycles. The molecule has 1 saturated heterocycles. The number of rotatable bonds is 4. The Balaban J connectivity index is 1.53. The van der Waals surface area contributed by atoms with Gasteiger partial charge in [-0.25, -0.2) is 0 Å². The van der Waals surface area contributed by atoms with Crippen LogP contribution in [0.1, 0.15) is 33.5 Å². The highest BCUT2D eigenvalue weighted by Crippen LogP contribution is 2.39. The molecule has 1 fully saturated rings. The molecule has 2 aromatic carbocycles. The third-order valence-electron chi connectivity index (χ3n) is 6.12. The molecule has 2 aliphatic heterocycles. The fourth-order valence-corrected chi connectivity index (χ4v) is 4.18. The van der Waals surface area contributed by atoms with E-state index in [1.165, 1.54) is 0 Å². The van der Waals surface area contributed by atoms with Gasteiger partial charge in [-0.2, -0.15) is 31.3 Å². The van der Waals surface area contributed by atoms with Crippen molar-refractivity contribution >= 4 is 11.7 Å². The van der Waals surface area contributed by atoms with Gasteiger partial charge in [-0.15, -0.1) is 0 Å². The van der Waals surface area contributed by atoms with Crippen molar-refractivity contribution in [3.05, 3.63) is 76.9 Å². The van der Waals surface area contributed by atoms with Crippen molar-refractivity contribution in [1.29, 1.82) is 0 Å². The van der Waals surface area contributed by atoms with Crippen LogP contribution in [0.5, 0.6) is 5.88 Å². The number of pyridine rings is 1. The van der Waals surface area contributed by atoms with Crippen LogP contribution < -0.4 is 9.64 Å². The zero-order chi connectivity index (χ0) is 25.7. The molecule has 0 bridgehead atoms. The van der Waals surface area contributed by atoms with Crippen LogP contribution in [0.15, 0.2) is 54.6 Å². The third-order valence-corrected chi connectivity index (χ3v) is 6.12. The lowest BCUT2D eigenvalue weighted by Gasteiger charge is -2.35. The van der Waals surface area contributed by atoms with E-state index in [0.717, 1.165) is 24.4 Å². The molecule has 0 atom stereocenters. The molecule has 36 heavy (non-hydrogen) atoms. The van der Waals surface area contributed by atoms with Crippen LogP contribution in [-0.2, 0) is 18.9 Å². The molecule has 5 nitrogen and oxygen atoms in total. The van der Waals surface area contributed by atoms with Crippen LogP contribution in [-0.4, -0.2) is 35.6 Å². The van der Waals surface area contributed by atoms with Gasteiger partial charge in [-0.1, -0.05) is 30.3 Å². The van der Waals surface area contributed by atoms with Crippen molar-refractivity contribution in [1.82, 2.24) is 9.88 Å². The van der Waals surface area contributed by atoms with E-state index in [1.807, 2.05) is 11.0 Å². The average molecular weight is 507 g/mol. The maximum Gasteiger partial charge on any atom is 0.416 e. The Labute approximate surface area is 201 Å². The van der Waals surface area contributed by atoms with Crippen LogP contribution in [0.3, 0.4) is 0 Å². The number of alkyl halides is 6. The summed E-state index contributed by atoms with van der Waals surface area (Å²) in [7, 11) is 0. The van der Waals surface area contributed by atoms with Crippen LogP contribution in [0.4, 0.5) is 32.2 Å². The van der Waals surface area contributed by atoms with Gasteiger partial charge in [0.05, 0.1) is 11.1 Å². The molecule has 0 radical (unpaired) electrons. The van der Waals surface area contributed by atoms with Crippen molar-refractivity contribution in [2.75, 3.05) is 24.7 Å². The zero-order valence-corrected chi connectivity index (χ0v) is 18.7. The summed E-state index contributed by atoms with van der Waals surface area (Å²) in [5.41, 5.74) is -1.86. The van der Waals surface area contributed by atoms with Crippen molar-refractivity contribution < 1.29 is 35.9 Å². The Morgan fingerprint density at radius 3 is 2.08 bits per heavy atom. The van der Waals surface area contributed by atoms with Gasteiger partial charge in [0, 0.05) is 25.2 Å². The Morgan fingerprint density at radius 2 is 1.53 bits per heavy atom. The minimum Gasteiger partial charge on any atom is -0.455 e. The topological polar surface area (TPSA) is 45.7 Å². The van der Waals surface area contributed by atoms with Crippen LogP contribution in [0.25, 0.3) is 11.1 Å². The number of hydrogen-bond acceptors (Lipinski definition) is 4. The Hall–Kier alpha value is -3.76. The first kappa shape index (κ1) is 24.0. The van der Waals surface area contributed by atoms with E-state index in [-0.39, 0.29) is 29.8 Å². The number of hydrogen-bond donors (Lipinski definition) is 0. The number of halogens is 6. The molecule has 188 valence electrons. The second kappa shape index (κ2) is 8.72. The number of nitrogens with zero attached hydrogens (tertiary/aromatic N) is 3. The summed E-state index contributed by atoms with van der Waals surface area (Å²) in [6.07, 6.45) is -8.96. The van der Waals surface area contributed by atoms with E-state index in [2.05, 4.69) is 4.98 Å². The highest BCUT2D eigenvalue weighted by Gasteiger charge is 2.38. The Kier molecular flexibility index (Phi) is 5.80. The lowest BCUT2D eigenvalue weighted by molar-refractivity contribution is -0.143. The predicted molar refractivity (Wildman–Crippen MR) is 118 cm³/mol. The highest BCUT2D eigenvalue weighted by molar-refractivity contribution is 6.04. The van der Waals surface area contributed by atoms with Crippen molar-refractivity contribution in [2.24, 2.45) is 0 Å². The molecule has 0 spiro atoms. The molecule has 11 heteroatoms. The van der Waals surface area contributed by atoms with Gasteiger partial charge in [0.25, 0.3) is 5.91 Å². The predicted octanol–water partition coefficient (Wildman–Crippen LogP) is 5.99. The van der Waals surface area contributed by atoms with Gasteiger partial charge < -0.3 is 14.5 Å². The van der Waals surface area contributed by atoms with Crippen molar-refractivity contribution in [3.63, 3.8) is 0 Å². The van der Waals surface area contributed by atoms with Crippen LogP contribution in [0.2, 0.25) is 0 Å². The van der Waals surface area contributed by atoms with Gasteiger partial charge in [-0.05, 0) is 41.8 Å². The first-order valence-electron chi connectivity index (χ1n) is 11.1. The molecular weight excluding hydrogens is 488 g/mol. The minimum atomic E-state index is -4.98. The third kappa shape index (κ3) is 4.57. The zero-order valence-electron chi connectivity index (χ0n) is 18.7. The molecule has 3 aromatic rings. The minimum absolute atomic E-state index is 0.0576. The second-order valence-corrected chi connectivity index (χ2v) is 8.61. The number of anilines is 1. The Morgan fingerprint density at radius 1 is 0.889 bits per heavy atom. The summed E-state index contributed by atoms with van der Waals surface area (Å²) in [5, 5.41) is 0. The van der Waals surface area contributed by atoms with Crippen molar-refractivity contribution in [3.8, 4) is 17.0 Å². The van der Waals surface area contributed by atoms with E-state index < -0.39 is 35.9 Å². The number of amides is 1. The fraction of sp³-hybridized carbons (Fsp3) is 0.280. The first-order valence-corrected chi connectivity index (χ1v) is 11.1. The lowest BCUT2D eigenvalue weighted by Crippen LogP contribution is -2.40. The van der Waals surface area contributed by atoms with E-state index >= 15 is 0 Å².